The minimum Gasteiger partial charge on any atom is -0.497 e. The molecule has 1 atom stereocenters. The number of aliphatic hydroxyl groups is 1. The molecule has 6 nitrogen and oxygen atoms in total. The van der Waals surface area contributed by atoms with Crippen LogP contribution in [0.3, 0.4) is 0 Å². The molecule has 1 heterocycles. The van der Waals surface area contributed by atoms with Crippen molar-refractivity contribution in [3.05, 3.63) is 54.1 Å². The van der Waals surface area contributed by atoms with Crippen LogP contribution >= 0.6 is 0 Å². The van der Waals surface area contributed by atoms with E-state index in [1.165, 1.54) is 0 Å². The highest BCUT2D eigenvalue weighted by atomic mass is 16.5. The number of nitrogens with zero attached hydrogens (tertiary/aromatic N) is 2. The highest BCUT2D eigenvalue weighted by Crippen LogP contribution is 2.17. The number of imidazole rings is 1. The van der Waals surface area contributed by atoms with Crippen molar-refractivity contribution in [1.82, 2.24) is 9.13 Å². The number of benzene rings is 2. The monoisotopic (exact) mass is 327 g/mol. The number of hydrogen-bond donors (Lipinski definition) is 2. The van der Waals surface area contributed by atoms with E-state index in [4.69, 9.17) is 14.9 Å². The maximum atomic E-state index is 10.3. The molecular weight excluding hydrogens is 306 g/mol. The van der Waals surface area contributed by atoms with Gasteiger partial charge in [0.25, 0.3) is 0 Å². The summed E-state index contributed by atoms with van der Waals surface area (Å²) in [7, 11) is 3.46. The van der Waals surface area contributed by atoms with E-state index >= 15 is 0 Å². The van der Waals surface area contributed by atoms with Crippen molar-refractivity contribution in [2.24, 2.45) is 7.05 Å². The van der Waals surface area contributed by atoms with Gasteiger partial charge in [0.05, 0.1) is 24.7 Å². The summed E-state index contributed by atoms with van der Waals surface area (Å²) in [6.45, 7) is 0.457. The number of nitrogens with one attached hydrogen (secondary N) is 1. The van der Waals surface area contributed by atoms with Crippen LogP contribution in [-0.4, -0.2) is 34.1 Å². The lowest BCUT2D eigenvalue weighted by Gasteiger charge is -2.14. The third kappa shape index (κ3) is 3.14. The second-order valence-corrected chi connectivity index (χ2v) is 5.62. The molecule has 24 heavy (non-hydrogen) atoms. The number of aromatic nitrogens is 2. The Morgan fingerprint density at radius 3 is 2.33 bits per heavy atom. The fraction of sp³-hybridized carbons (Fsp3) is 0.278. The normalized spacial score (nSPS) is 12.3. The molecule has 0 fully saturated rings. The van der Waals surface area contributed by atoms with E-state index in [-0.39, 0.29) is 6.61 Å². The summed E-state index contributed by atoms with van der Waals surface area (Å²) in [5.74, 6) is 1.43. The average molecular weight is 327 g/mol. The zero-order valence-corrected chi connectivity index (χ0v) is 13.8. The molecule has 1 aromatic heterocycles. The molecule has 0 unspecified atom stereocenters. The topological polar surface area (TPSA) is 72.4 Å². The second-order valence-electron chi connectivity index (χ2n) is 5.62. The first-order valence-electron chi connectivity index (χ1n) is 7.74. The first-order valence-corrected chi connectivity index (χ1v) is 7.74. The van der Waals surface area contributed by atoms with Crippen LogP contribution < -0.4 is 15.1 Å². The Morgan fingerprint density at radius 1 is 1.04 bits per heavy atom. The van der Waals surface area contributed by atoms with Crippen LogP contribution in [0.2, 0.25) is 0 Å². The van der Waals surface area contributed by atoms with Crippen LogP contribution in [-0.2, 0) is 13.6 Å². The number of aliphatic hydroxyl groups excluding tert-OH is 1. The van der Waals surface area contributed by atoms with Crippen LogP contribution in [0.5, 0.6) is 11.5 Å². The largest absolute Gasteiger partial charge is 0.497 e. The average Bonchev–Trinajstić information content (AvgIpc) is 2.86. The van der Waals surface area contributed by atoms with Gasteiger partial charge < -0.3 is 23.7 Å². The Kier molecular flexibility index (Phi) is 4.57. The Bertz CT molecular complexity index is 881. The van der Waals surface area contributed by atoms with Gasteiger partial charge in [0.15, 0.2) is 0 Å². The number of aryl methyl sites for hydroxylation is 1. The van der Waals surface area contributed by atoms with Gasteiger partial charge >= 0.3 is 0 Å². The third-order valence-electron chi connectivity index (χ3n) is 4.00. The molecule has 0 aliphatic heterocycles. The van der Waals surface area contributed by atoms with E-state index in [0.29, 0.717) is 17.9 Å². The molecule has 0 saturated heterocycles. The van der Waals surface area contributed by atoms with Crippen LogP contribution in [0.1, 0.15) is 0 Å². The number of fused-ring (bicyclic) bond motifs is 1. The molecule has 0 aliphatic carbocycles. The molecule has 2 aromatic carbocycles. The summed E-state index contributed by atoms with van der Waals surface area (Å²) in [5, 5.41) is 18.5. The Hall–Kier alpha value is -2.73. The first kappa shape index (κ1) is 16.1. The molecule has 6 heteroatoms. The fourth-order valence-electron chi connectivity index (χ4n) is 2.70. The second kappa shape index (κ2) is 6.80. The maximum Gasteiger partial charge on any atom is 0.202 e. The lowest BCUT2D eigenvalue weighted by Crippen LogP contribution is -2.30. The van der Waals surface area contributed by atoms with Crippen molar-refractivity contribution in [2.45, 2.75) is 12.6 Å². The number of rotatable bonds is 6. The van der Waals surface area contributed by atoms with Gasteiger partial charge in [0.1, 0.15) is 24.2 Å². The molecular formula is C18H21N3O3. The minimum absolute atomic E-state index is 0.155. The molecule has 126 valence electrons. The summed E-state index contributed by atoms with van der Waals surface area (Å²) in [6, 6.07) is 15.0. The van der Waals surface area contributed by atoms with E-state index < -0.39 is 6.10 Å². The molecule has 0 aliphatic rings. The summed E-state index contributed by atoms with van der Waals surface area (Å²) in [4.78, 5) is 0. The van der Waals surface area contributed by atoms with E-state index in [9.17, 15) is 5.11 Å². The van der Waals surface area contributed by atoms with Gasteiger partial charge in [-0.3, -0.25) is 5.41 Å². The molecule has 0 saturated carbocycles. The lowest BCUT2D eigenvalue weighted by atomic mass is 10.3. The van der Waals surface area contributed by atoms with Gasteiger partial charge in [-0.25, -0.2) is 0 Å². The number of hydrogen-bond acceptors (Lipinski definition) is 4. The van der Waals surface area contributed by atoms with E-state index in [2.05, 4.69) is 0 Å². The lowest BCUT2D eigenvalue weighted by molar-refractivity contribution is 0.0921. The standard InChI is InChI=1S/C18H21N3O3/c1-20-16-5-3-4-6-17(16)21(18(20)19)11-13(22)12-24-15-9-7-14(23-2)8-10-15/h3-10,13,19,22H,11-12H2,1-2H3/t13-/m0/s1. The molecule has 0 radical (unpaired) electrons. The summed E-state index contributed by atoms with van der Waals surface area (Å²) in [5.41, 5.74) is 2.24. The predicted octanol–water partition coefficient (Wildman–Crippen LogP) is 1.91. The van der Waals surface area contributed by atoms with Crippen molar-refractivity contribution in [1.29, 1.82) is 5.41 Å². The van der Waals surface area contributed by atoms with Gasteiger partial charge in [0, 0.05) is 7.05 Å². The molecule has 0 amide bonds. The predicted molar refractivity (Wildman–Crippen MR) is 91.3 cm³/mol. The molecule has 0 bridgehead atoms. The summed E-state index contributed by atoms with van der Waals surface area (Å²) in [6.07, 6.45) is -0.716. The van der Waals surface area contributed by atoms with Crippen molar-refractivity contribution in [3.63, 3.8) is 0 Å². The molecule has 0 spiro atoms. The van der Waals surface area contributed by atoms with Crippen molar-refractivity contribution < 1.29 is 14.6 Å². The summed E-state index contributed by atoms with van der Waals surface area (Å²) < 4.78 is 14.3. The molecule has 3 rings (SSSR count). The van der Waals surface area contributed by atoms with Crippen LogP contribution in [0.15, 0.2) is 48.5 Å². The first-order chi connectivity index (χ1) is 11.6. The number of methoxy groups -OCH3 is 1. The molecule has 2 N–H and O–H groups in total. The van der Waals surface area contributed by atoms with Gasteiger partial charge in [-0.05, 0) is 36.4 Å². The Morgan fingerprint density at radius 2 is 1.67 bits per heavy atom. The Labute approximate surface area is 140 Å². The quantitative estimate of drug-likeness (QED) is 0.726. The van der Waals surface area contributed by atoms with Gasteiger partial charge in [0.2, 0.25) is 5.62 Å². The van der Waals surface area contributed by atoms with E-state index in [0.717, 1.165) is 16.8 Å². The van der Waals surface area contributed by atoms with E-state index in [1.54, 1.807) is 28.4 Å². The van der Waals surface area contributed by atoms with Crippen LogP contribution in [0.25, 0.3) is 11.0 Å². The smallest absolute Gasteiger partial charge is 0.202 e. The summed E-state index contributed by atoms with van der Waals surface area (Å²) >= 11 is 0. The highest BCUT2D eigenvalue weighted by molar-refractivity contribution is 5.75. The zero-order chi connectivity index (χ0) is 17.1. The van der Waals surface area contributed by atoms with Gasteiger partial charge in [-0.2, -0.15) is 0 Å². The van der Waals surface area contributed by atoms with Crippen LogP contribution in [0, 0.1) is 5.41 Å². The molecule has 3 aromatic rings. The van der Waals surface area contributed by atoms with Crippen LogP contribution in [0.4, 0.5) is 0 Å². The van der Waals surface area contributed by atoms with E-state index in [1.807, 2.05) is 43.4 Å². The third-order valence-corrected chi connectivity index (χ3v) is 4.00. The highest BCUT2D eigenvalue weighted by Gasteiger charge is 2.12. The number of para-hydroxylation sites is 2. The van der Waals surface area contributed by atoms with Gasteiger partial charge in [-0.15, -0.1) is 0 Å². The van der Waals surface area contributed by atoms with Crippen molar-refractivity contribution in [2.75, 3.05) is 13.7 Å². The number of ether oxygens (including phenoxy) is 2. The van der Waals surface area contributed by atoms with Gasteiger partial charge in [-0.1, -0.05) is 12.1 Å². The maximum absolute atomic E-state index is 10.3. The van der Waals surface area contributed by atoms with Crippen molar-refractivity contribution >= 4 is 11.0 Å². The van der Waals surface area contributed by atoms with Crippen molar-refractivity contribution in [3.8, 4) is 11.5 Å². The Balaban J connectivity index is 1.70. The zero-order valence-electron chi connectivity index (χ0n) is 13.8. The fourth-order valence-corrected chi connectivity index (χ4v) is 2.70. The minimum atomic E-state index is -0.716. The SMILES string of the molecule is COc1ccc(OC[C@@H](O)Cn2c(=N)n(C)c3ccccc32)cc1.